The van der Waals surface area contributed by atoms with Crippen molar-refractivity contribution in [2.45, 2.75) is 43.5 Å². The molecule has 0 aliphatic heterocycles. The Kier molecular flexibility index (Phi) is 6.60. The molecule has 1 unspecified atom stereocenters. The molecule has 0 N–H and O–H groups in total. The van der Waals surface area contributed by atoms with Gasteiger partial charge in [-0.15, -0.1) is 0 Å². The minimum Gasteiger partial charge on any atom is -0.591 e. The Morgan fingerprint density at radius 2 is 1.91 bits per heavy atom. The van der Waals surface area contributed by atoms with E-state index >= 15 is 0 Å². The van der Waals surface area contributed by atoms with E-state index < -0.39 is 27.8 Å². The van der Waals surface area contributed by atoms with E-state index in [0.717, 1.165) is 18.3 Å². The molecule has 1 atom stereocenters. The fourth-order valence-corrected chi connectivity index (χ4v) is 2.93. The summed E-state index contributed by atoms with van der Waals surface area (Å²) >= 11 is 4.94. The van der Waals surface area contributed by atoms with Gasteiger partial charge in [0.25, 0.3) is 0 Å². The van der Waals surface area contributed by atoms with Gasteiger partial charge in [0.1, 0.15) is 16.1 Å². The van der Waals surface area contributed by atoms with Crippen molar-refractivity contribution in [3.63, 3.8) is 0 Å². The quantitative estimate of drug-likeness (QED) is 0.423. The summed E-state index contributed by atoms with van der Waals surface area (Å²) in [5, 5.41) is -0.540. The summed E-state index contributed by atoms with van der Waals surface area (Å²) in [5.41, 5.74) is -0.957. The van der Waals surface area contributed by atoms with Gasteiger partial charge in [-0.05, 0) is 44.7 Å². The normalized spacial score (nSPS) is 14.3. The van der Waals surface area contributed by atoms with Crippen LogP contribution in [0.5, 0.6) is 0 Å². The van der Waals surface area contributed by atoms with Crippen molar-refractivity contribution >= 4 is 46.1 Å². The first-order valence-electron chi connectivity index (χ1n) is 6.37. The molecule has 3 nitrogen and oxygen atoms in total. The highest BCUT2D eigenvalue weighted by molar-refractivity contribution is 8.13. The van der Waals surface area contributed by atoms with Crippen LogP contribution in [-0.2, 0) is 22.3 Å². The van der Waals surface area contributed by atoms with Gasteiger partial charge in [-0.25, -0.2) is 0 Å². The molecule has 0 amide bonds. The van der Waals surface area contributed by atoms with Crippen LogP contribution in [-0.4, -0.2) is 20.6 Å². The molecule has 128 valence electrons. The number of hydrogen-bond acceptors (Lipinski definition) is 4. The van der Waals surface area contributed by atoms with Crippen LogP contribution in [0.15, 0.2) is 21.4 Å². The summed E-state index contributed by atoms with van der Waals surface area (Å²) in [7, 11) is 0. The summed E-state index contributed by atoms with van der Waals surface area (Å²) in [4.78, 5) is 11.4. The van der Waals surface area contributed by atoms with Crippen molar-refractivity contribution in [2.75, 3.05) is 0 Å². The van der Waals surface area contributed by atoms with E-state index in [2.05, 4.69) is 4.40 Å². The first-order chi connectivity index (χ1) is 10.3. The van der Waals surface area contributed by atoms with Crippen LogP contribution < -0.4 is 0 Å². The predicted octanol–water partition coefficient (Wildman–Crippen LogP) is 4.88. The molecule has 9 heteroatoms. The highest BCUT2D eigenvalue weighted by Crippen LogP contribution is 2.37. The van der Waals surface area contributed by atoms with Gasteiger partial charge < -0.3 is 4.55 Å². The second kappa shape index (κ2) is 7.46. The molecule has 0 heterocycles. The van der Waals surface area contributed by atoms with E-state index in [1.807, 2.05) is 0 Å². The van der Waals surface area contributed by atoms with Gasteiger partial charge in [0.15, 0.2) is 5.12 Å². The van der Waals surface area contributed by atoms with Gasteiger partial charge >= 0.3 is 6.18 Å². The lowest BCUT2D eigenvalue weighted by Gasteiger charge is -2.18. The van der Waals surface area contributed by atoms with Gasteiger partial charge in [-0.3, -0.25) is 4.79 Å². The van der Waals surface area contributed by atoms with Gasteiger partial charge in [0.2, 0.25) is 0 Å². The molecule has 0 radical (unpaired) electrons. The zero-order valence-corrected chi connectivity index (χ0v) is 15.2. The third-order valence-corrected chi connectivity index (χ3v) is 5.16. The summed E-state index contributed by atoms with van der Waals surface area (Å²) < 4.78 is 53.7. The lowest BCUT2D eigenvalue weighted by atomic mass is 10.1. The highest BCUT2D eigenvalue weighted by Gasteiger charge is 2.32. The van der Waals surface area contributed by atoms with Crippen molar-refractivity contribution in [1.82, 2.24) is 0 Å². The van der Waals surface area contributed by atoms with Crippen molar-refractivity contribution in [2.24, 2.45) is 4.40 Å². The van der Waals surface area contributed by atoms with Crippen LogP contribution in [0.4, 0.5) is 13.2 Å². The van der Waals surface area contributed by atoms with Gasteiger partial charge in [0.05, 0.1) is 16.8 Å². The second-order valence-corrected chi connectivity index (χ2v) is 9.09. The second-order valence-electron chi connectivity index (χ2n) is 5.56. The summed E-state index contributed by atoms with van der Waals surface area (Å²) in [5.74, 6) is 0. The zero-order chi connectivity index (χ0) is 18.0. The fraction of sp³-hybridized carbons (Fsp3) is 0.429. The first kappa shape index (κ1) is 20.3. The molecule has 1 aromatic carbocycles. The van der Waals surface area contributed by atoms with Crippen molar-refractivity contribution in [3.8, 4) is 0 Å². The van der Waals surface area contributed by atoms with Crippen LogP contribution >= 0.6 is 23.4 Å². The number of thioether (sulfide) groups is 1. The van der Waals surface area contributed by atoms with Crippen LogP contribution in [0.25, 0.3) is 0 Å². The Labute approximate surface area is 145 Å². The Bertz CT molecular complexity index is 628. The Morgan fingerprint density at radius 3 is 2.35 bits per heavy atom. The molecule has 0 aliphatic carbocycles. The van der Waals surface area contributed by atoms with Gasteiger partial charge in [0, 0.05) is 17.4 Å². The molecular weight excluding hydrogens is 371 g/mol. The average Bonchev–Trinajstić information content (AvgIpc) is 2.35. The molecule has 0 saturated carbocycles. The summed E-state index contributed by atoms with van der Waals surface area (Å²) in [6, 6.07) is 1.59. The number of carbonyl (C=O) groups excluding carboxylic acids is 1. The van der Waals surface area contributed by atoms with E-state index in [1.165, 1.54) is 6.92 Å². The van der Waals surface area contributed by atoms with Crippen LogP contribution in [0, 0.1) is 0 Å². The van der Waals surface area contributed by atoms with E-state index in [0.29, 0.717) is 11.8 Å². The zero-order valence-electron chi connectivity index (χ0n) is 12.8. The topological polar surface area (TPSA) is 52.5 Å². The Balaban J connectivity index is 3.38. The number of halogens is 4. The number of alkyl halides is 3. The third kappa shape index (κ3) is 6.02. The minimum absolute atomic E-state index is 0.00243. The lowest BCUT2D eigenvalue weighted by molar-refractivity contribution is -0.137. The Hall–Kier alpha value is -0.700. The largest absolute Gasteiger partial charge is 0.591 e. The number of benzene rings is 1. The number of nitrogens with zero attached hydrogens (tertiary/aromatic N) is 1. The maximum Gasteiger partial charge on any atom is 0.416 e. The monoisotopic (exact) mass is 385 g/mol. The van der Waals surface area contributed by atoms with Crippen LogP contribution in [0.1, 0.15) is 38.8 Å². The molecule has 0 aromatic heterocycles. The van der Waals surface area contributed by atoms with Crippen molar-refractivity contribution < 1.29 is 22.5 Å². The number of carbonyl (C=O) groups is 1. The lowest BCUT2D eigenvalue weighted by Crippen LogP contribution is -2.25. The molecule has 0 fully saturated rings. The number of rotatable bonds is 3. The summed E-state index contributed by atoms with van der Waals surface area (Å²) in [6.07, 6.45) is -3.53. The van der Waals surface area contributed by atoms with Crippen LogP contribution in [0.2, 0.25) is 5.02 Å². The van der Waals surface area contributed by atoms with Gasteiger partial charge in [-0.2, -0.15) is 13.2 Å². The van der Waals surface area contributed by atoms with E-state index in [-0.39, 0.29) is 20.6 Å². The molecular formula is C14H15ClF3NO2S2. The molecule has 0 saturated heterocycles. The molecule has 1 aromatic rings. The number of hydrogen-bond donors (Lipinski definition) is 0. The smallest absolute Gasteiger partial charge is 0.416 e. The molecule has 1 rings (SSSR count). The average molecular weight is 386 g/mol. The minimum atomic E-state index is -4.59. The SMILES string of the molecule is CC(=O)Sc1c(Cl)cc(C(F)(F)F)cc1/C=N\[S+]([O-])C(C)(C)C. The molecule has 0 spiro atoms. The molecule has 0 aliphatic rings. The van der Waals surface area contributed by atoms with Crippen molar-refractivity contribution in [3.05, 3.63) is 28.3 Å². The van der Waals surface area contributed by atoms with E-state index in [9.17, 15) is 22.5 Å². The summed E-state index contributed by atoms with van der Waals surface area (Å²) in [6.45, 7) is 6.33. The van der Waals surface area contributed by atoms with E-state index in [1.54, 1.807) is 20.8 Å². The Morgan fingerprint density at radius 1 is 1.35 bits per heavy atom. The van der Waals surface area contributed by atoms with Crippen LogP contribution in [0.3, 0.4) is 0 Å². The molecule has 23 heavy (non-hydrogen) atoms. The highest BCUT2D eigenvalue weighted by atomic mass is 35.5. The van der Waals surface area contributed by atoms with E-state index in [4.69, 9.17) is 11.6 Å². The maximum atomic E-state index is 12.9. The van der Waals surface area contributed by atoms with Gasteiger partial charge in [-0.1, -0.05) is 16.0 Å². The fourth-order valence-electron chi connectivity index (χ4n) is 1.39. The standard InChI is InChI=1S/C14H15ClF3NO2S2/c1-8(20)22-12-9(7-19-23(21)13(2,3)4)5-10(6-11(12)15)14(16,17)18/h5-7H,1-4H3/b19-7-. The predicted molar refractivity (Wildman–Crippen MR) is 88.5 cm³/mol. The molecule has 0 bridgehead atoms. The third-order valence-electron chi connectivity index (χ3n) is 2.46. The van der Waals surface area contributed by atoms with Crippen molar-refractivity contribution in [1.29, 1.82) is 0 Å². The first-order valence-corrected chi connectivity index (χ1v) is 8.67. The maximum absolute atomic E-state index is 12.9.